The maximum absolute atomic E-state index is 11.6. The molecule has 2 bridgehead atoms. The molecule has 4 nitrogen and oxygen atoms in total. The van der Waals surface area contributed by atoms with Gasteiger partial charge in [-0.2, -0.15) is 0 Å². The van der Waals surface area contributed by atoms with E-state index in [2.05, 4.69) is 17.1 Å². The quantitative estimate of drug-likeness (QED) is 0.731. The maximum atomic E-state index is 11.6. The van der Waals surface area contributed by atoms with Crippen LogP contribution >= 0.6 is 0 Å². The minimum Gasteiger partial charge on any atom is -0.450 e. The van der Waals surface area contributed by atoms with Gasteiger partial charge >= 0.3 is 6.09 Å². The second kappa shape index (κ2) is 5.53. The fraction of sp³-hybridized carbons (Fsp3) is 0.800. The summed E-state index contributed by atoms with van der Waals surface area (Å²) in [5.41, 5.74) is 0. The Morgan fingerprint density at radius 3 is 2.58 bits per heavy atom. The number of nitrogens with zero attached hydrogens (tertiary/aromatic N) is 2. The number of ether oxygens (including phenoxy) is 1. The summed E-state index contributed by atoms with van der Waals surface area (Å²) >= 11 is 0. The molecule has 1 heterocycles. The number of hydrogen-bond donors (Lipinski definition) is 0. The molecule has 0 aromatic heterocycles. The average Bonchev–Trinajstić information content (AvgIpc) is 3.02. The minimum absolute atomic E-state index is 0.148. The summed E-state index contributed by atoms with van der Waals surface area (Å²) in [4.78, 5) is 16.0. The summed E-state index contributed by atoms with van der Waals surface area (Å²) in [6, 6.07) is 0. The molecule has 0 aromatic rings. The van der Waals surface area contributed by atoms with E-state index in [1.54, 1.807) is 0 Å². The van der Waals surface area contributed by atoms with Crippen LogP contribution in [0, 0.1) is 17.8 Å². The van der Waals surface area contributed by atoms with Gasteiger partial charge in [0.1, 0.15) is 0 Å². The van der Waals surface area contributed by atoms with Crippen molar-refractivity contribution >= 4 is 6.09 Å². The summed E-state index contributed by atoms with van der Waals surface area (Å²) in [5.74, 6) is 2.54. The summed E-state index contributed by atoms with van der Waals surface area (Å²) in [7, 11) is 0. The van der Waals surface area contributed by atoms with Gasteiger partial charge in [0.05, 0.1) is 6.61 Å². The molecular formula is C15H24N2O2. The monoisotopic (exact) mass is 264 g/mol. The third-order valence-corrected chi connectivity index (χ3v) is 4.81. The Kier molecular flexibility index (Phi) is 3.78. The first-order chi connectivity index (χ1) is 9.26. The van der Waals surface area contributed by atoms with Gasteiger partial charge < -0.3 is 9.64 Å². The van der Waals surface area contributed by atoms with Gasteiger partial charge in [-0.1, -0.05) is 12.2 Å². The first kappa shape index (κ1) is 13.0. The molecule has 2 fully saturated rings. The van der Waals surface area contributed by atoms with Crippen LogP contribution in [-0.2, 0) is 4.74 Å². The van der Waals surface area contributed by atoms with Crippen molar-refractivity contribution in [1.29, 1.82) is 0 Å². The number of piperazine rings is 1. The molecule has 2 aliphatic carbocycles. The maximum Gasteiger partial charge on any atom is 0.409 e. The molecule has 3 atom stereocenters. The number of carbonyl (C=O) groups excluding carboxylic acids is 1. The number of fused-ring (bicyclic) bond motifs is 2. The Balaban J connectivity index is 1.43. The Morgan fingerprint density at radius 1 is 1.21 bits per heavy atom. The van der Waals surface area contributed by atoms with Gasteiger partial charge in [-0.15, -0.1) is 0 Å². The highest BCUT2D eigenvalue weighted by atomic mass is 16.6. The van der Waals surface area contributed by atoms with Crippen LogP contribution < -0.4 is 0 Å². The van der Waals surface area contributed by atoms with Crippen molar-refractivity contribution in [1.82, 2.24) is 9.80 Å². The van der Waals surface area contributed by atoms with E-state index in [1.165, 1.54) is 19.4 Å². The van der Waals surface area contributed by atoms with Crippen molar-refractivity contribution in [2.45, 2.75) is 19.8 Å². The Labute approximate surface area is 115 Å². The number of carbonyl (C=O) groups is 1. The van der Waals surface area contributed by atoms with Crippen LogP contribution in [0.1, 0.15) is 19.8 Å². The molecule has 0 N–H and O–H groups in total. The predicted molar refractivity (Wildman–Crippen MR) is 73.9 cm³/mol. The third kappa shape index (κ3) is 2.78. The first-order valence-corrected chi connectivity index (χ1v) is 7.58. The smallest absolute Gasteiger partial charge is 0.409 e. The molecule has 1 saturated carbocycles. The third-order valence-electron chi connectivity index (χ3n) is 4.81. The van der Waals surface area contributed by atoms with Crippen LogP contribution in [-0.4, -0.2) is 55.2 Å². The lowest BCUT2D eigenvalue weighted by molar-refractivity contribution is 0.0738. The van der Waals surface area contributed by atoms with E-state index < -0.39 is 0 Å². The minimum atomic E-state index is -0.148. The van der Waals surface area contributed by atoms with E-state index in [9.17, 15) is 4.79 Å². The van der Waals surface area contributed by atoms with Crippen molar-refractivity contribution < 1.29 is 9.53 Å². The zero-order valence-electron chi connectivity index (χ0n) is 11.8. The van der Waals surface area contributed by atoms with Crippen LogP contribution in [0.4, 0.5) is 4.79 Å². The Morgan fingerprint density at radius 2 is 2.00 bits per heavy atom. The number of allylic oxidation sites excluding steroid dienone is 2. The standard InChI is InChI=1S/C15H24N2O2/c1-2-19-15(18)17-7-5-16(6-8-17)11-14-10-12-3-4-13(14)9-12/h3-4,12-14H,2,5-11H2,1H3/t12-,13-,14+/m0/s1. The van der Waals surface area contributed by atoms with Gasteiger partial charge in [-0.05, 0) is 37.5 Å². The molecule has 0 radical (unpaired) electrons. The van der Waals surface area contributed by atoms with Crippen LogP contribution in [0.15, 0.2) is 12.2 Å². The topological polar surface area (TPSA) is 32.8 Å². The molecule has 4 heteroatoms. The fourth-order valence-corrected chi connectivity index (χ4v) is 3.76. The first-order valence-electron chi connectivity index (χ1n) is 7.58. The lowest BCUT2D eigenvalue weighted by atomic mass is 9.93. The number of amides is 1. The largest absolute Gasteiger partial charge is 0.450 e. The lowest BCUT2D eigenvalue weighted by Gasteiger charge is -2.36. The number of rotatable bonds is 3. The van der Waals surface area contributed by atoms with Crippen molar-refractivity contribution in [3.63, 3.8) is 0 Å². The SMILES string of the molecule is CCOC(=O)N1CCN(C[C@H]2C[C@H]3C=C[C@H]2C3)CC1. The van der Waals surface area contributed by atoms with E-state index in [0.717, 1.165) is 43.9 Å². The molecule has 1 saturated heterocycles. The van der Waals surface area contributed by atoms with E-state index in [4.69, 9.17) is 4.74 Å². The number of hydrogen-bond acceptors (Lipinski definition) is 3. The predicted octanol–water partition coefficient (Wildman–Crippen LogP) is 1.97. The van der Waals surface area contributed by atoms with E-state index in [0.29, 0.717) is 6.61 Å². The summed E-state index contributed by atoms with van der Waals surface area (Å²) in [6.45, 7) is 7.16. The molecule has 106 valence electrons. The second-order valence-corrected chi connectivity index (χ2v) is 6.03. The van der Waals surface area contributed by atoms with Crippen LogP contribution in [0.5, 0.6) is 0 Å². The molecular weight excluding hydrogens is 240 g/mol. The Hall–Kier alpha value is -1.03. The average molecular weight is 264 g/mol. The highest BCUT2D eigenvalue weighted by Crippen LogP contribution is 2.43. The lowest BCUT2D eigenvalue weighted by Crippen LogP contribution is -2.50. The molecule has 1 aliphatic heterocycles. The second-order valence-electron chi connectivity index (χ2n) is 6.03. The van der Waals surface area contributed by atoms with Gasteiger partial charge in [0.15, 0.2) is 0 Å². The zero-order valence-corrected chi connectivity index (χ0v) is 11.8. The van der Waals surface area contributed by atoms with Crippen molar-refractivity contribution in [3.05, 3.63) is 12.2 Å². The van der Waals surface area contributed by atoms with E-state index in [1.807, 2.05) is 11.8 Å². The van der Waals surface area contributed by atoms with Gasteiger partial charge in [-0.3, -0.25) is 4.90 Å². The molecule has 0 unspecified atom stereocenters. The van der Waals surface area contributed by atoms with Gasteiger partial charge in [0.25, 0.3) is 0 Å². The van der Waals surface area contributed by atoms with E-state index in [-0.39, 0.29) is 6.09 Å². The van der Waals surface area contributed by atoms with Crippen molar-refractivity contribution in [2.75, 3.05) is 39.3 Å². The molecule has 1 amide bonds. The van der Waals surface area contributed by atoms with Crippen molar-refractivity contribution in [3.8, 4) is 0 Å². The van der Waals surface area contributed by atoms with Crippen LogP contribution in [0.25, 0.3) is 0 Å². The van der Waals surface area contributed by atoms with E-state index >= 15 is 0 Å². The summed E-state index contributed by atoms with van der Waals surface area (Å²) in [6.07, 6.45) is 7.44. The Bertz CT molecular complexity index is 361. The molecule has 0 spiro atoms. The normalized spacial score (nSPS) is 33.9. The summed E-state index contributed by atoms with van der Waals surface area (Å²) < 4.78 is 5.05. The van der Waals surface area contributed by atoms with Gasteiger partial charge in [0, 0.05) is 32.7 Å². The fourth-order valence-electron chi connectivity index (χ4n) is 3.76. The van der Waals surface area contributed by atoms with Crippen LogP contribution in [0.2, 0.25) is 0 Å². The van der Waals surface area contributed by atoms with Crippen molar-refractivity contribution in [2.24, 2.45) is 17.8 Å². The summed E-state index contributed by atoms with van der Waals surface area (Å²) in [5, 5.41) is 0. The van der Waals surface area contributed by atoms with Gasteiger partial charge in [-0.25, -0.2) is 4.79 Å². The zero-order chi connectivity index (χ0) is 13.2. The molecule has 3 rings (SSSR count). The highest BCUT2D eigenvalue weighted by molar-refractivity contribution is 5.67. The highest BCUT2D eigenvalue weighted by Gasteiger charge is 2.36. The molecule has 19 heavy (non-hydrogen) atoms. The van der Waals surface area contributed by atoms with Gasteiger partial charge in [0.2, 0.25) is 0 Å². The molecule has 3 aliphatic rings. The molecule has 0 aromatic carbocycles. The van der Waals surface area contributed by atoms with Crippen LogP contribution in [0.3, 0.4) is 0 Å².